The number of aryl methyl sites for hydroxylation is 1. The monoisotopic (exact) mass is 462 g/mol. The molecule has 0 radical (unpaired) electrons. The number of halogens is 4. The number of rotatable bonds is 1. The summed E-state index contributed by atoms with van der Waals surface area (Å²) in [5.74, 6) is 0.376. The van der Waals surface area contributed by atoms with Crippen LogP contribution in [-0.4, -0.2) is 42.9 Å². The van der Waals surface area contributed by atoms with Crippen LogP contribution in [0.1, 0.15) is 23.4 Å². The third kappa shape index (κ3) is 4.39. The lowest BCUT2D eigenvalue weighted by molar-refractivity contribution is -0.139. The summed E-state index contributed by atoms with van der Waals surface area (Å²) in [4.78, 5) is 11.0. The van der Waals surface area contributed by atoms with Gasteiger partial charge in [-0.1, -0.05) is 12.1 Å². The Kier molecular flexibility index (Phi) is 5.69. The van der Waals surface area contributed by atoms with E-state index in [0.29, 0.717) is 72.9 Å². The molecular weight excluding hydrogens is 440 g/mol. The molecule has 1 N–H and O–H groups in total. The van der Waals surface area contributed by atoms with Crippen LogP contribution in [0.25, 0.3) is 10.9 Å². The summed E-state index contributed by atoms with van der Waals surface area (Å²) in [6.45, 7) is 2.30. The predicted molar refractivity (Wildman–Crippen MR) is 115 cm³/mol. The van der Waals surface area contributed by atoms with E-state index in [-0.39, 0.29) is 24.7 Å². The SMILES string of the molecule is Fc1cc2nc3nc(c2cc1N1CCOCC1)NCc1cccc(C(F)(F)F)c1OCCC3. The second-order valence-corrected chi connectivity index (χ2v) is 8.01. The molecule has 1 aromatic heterocycles. The van der Waals surface area contributed by atoms with E-state index in [1.165, 1.54) is 12.1 Å². The highest BCUT2D eigenvalue weighted by molar-refractivity contribution is 5.92. The number of morpholine rings is 1. The summed E-state index contributed by atoms with van der Waals surface area (Å²) < 4.78 is 66.5. The van der Waals surface area contributed by atoms with E-state index in [2.05, 4.69) is 15.3 Å². The summed E-state index contributed by atoms with van der Waals surface area (Å²) >= 11 is 0. The van der Waals surface area contributed by atoms with Crippen LogP contribution >= 0.6 is 0 Å². The summed E-state index contributed by atoms with van der Waals surface area (Å²) in [5.41, 5.74) is 0.440. The minimum Gasteiger partial charge on any atom is -0.493 e. The molecule has 0 atom stereocenters. The van der Waals surface area contributed by atoms with Gasteiger partial charge in [-0.2, -0.15) is 13.2 Å². The Labute approximate surface area is 187 Å². The number of hydrogen-bond acceptors (Lipinski definition) is 6. The number of fused-ring (bicyclic) bond motifs is 5. The summed E-state index contributed by atoms with van der Waals surface area (Å²) in [7, 11) is 0. The minimum atomic E-state index is -4.53. The average molecular weight is 462 g/mol. The molecule has 1 fully saturated rings. The van der Waals surface area contributed by atoms with E-state index < -0.39 is 11.7 Å². The number of anilines is 2. The van der Waals surface area contributed by atoms with E-state index in [1.807, 2.05) is 4.90 Å². The lowest BCUT2D eigenvalue weighted by atomic mass is 10.1. The molecule has 3 aromatic rings. The van der Waals surface area contributed by atoms with Crippen molar-refractivity contribution >= 4 is 22.4 Å². The van der Waals surface area contributed by atoms with Gasteiger partial charge in [-0.25, -0.2) is 14.4 Å². The zero-order chi connectivity index (χ0) is 23.0. The highest BCUT2D eigenvalue weighted by Crippen LogP contribution is 2.39. The second kappa shape index (κ2) is 8.66. The normalized spacial score (nSPS) is 17.0. The minimum absolute atomic E-state index is 0.0646. The molecule has 0 saturated carbocycles. The Morgan fingerprint density at radius 3 is 2.64 bits per heavy atom. The summed E-state index contributed by atoms with van der Waals surface area (Å²) in [5, 5.41) is 3.75. The van der Waals surface area contributed by atoms with Crippen LogP contribution in [-0.2, 0) is 23.9 Å². The molecular formula is C23H22F4N4O2. The van der Waals surface area contributed by atoms with Crippen molar-refractivity contribution in [3.05, 3.63) is 53.1 Å². The number of benzene rings is 2. The lowest BCUT2D eigenvalue weighted by Gasteiger charge is -2.29. The van der Waals surface area contributed by atoms with Crippen molar-refractivity contribution in [3.63, 3.8) is 0 Å². The van der Waals surface area contributed by atoms with Crippen molar-refractivity contribution in [2.75, 3.05) is 43.1 Å². The van der Waals surface area contributed by atoms with Gasteiger partial charge in [-0.05, 0) is 18.6 Å². The molecule has 2 aromatic carbocycles. The van der Waals surface area contributed by atoms with Crippen molar-refractivity contribution in [1.29, 1.82) is 0 Å². The van der Waals surface area contributed by atoms with Crippen molar-refractivity contribution in [3.8, 4) is 5.75 Å². The van der Waals surface area contributed by atoms with Gasteiger partial charge in [0, 0.05) is 43.1 Å². The standard InChI is InChI=1S/C23H22F4N4O2/c24-17-12-18-15(11-19(17)31-6-9-32-10-7-31)22-28-13-14-3-1-4-16(23(25,26)27)21(14)33-8-2-5-20(29-18)30-22/h1,3-4,11-12H,2,5-10,13H2,(H,28,29,30). The Hall–Kier alpha value is -3.14. The fourth-order valence-electron chi connectivity index (χ4n) is 4.18. The summed E-state index contributed by atoms with van der Waals surface area (Å²) in [6, 6.07) is 7.07. The molecule has 2 bridgehead atoms. The van der Waals surface area contributed by atoms with Gasteiger partial charge in [0.2, 0.25) is 0 Å². The number of nitrogens with one attached hydrogen (secondary N) is 1. The molecule has 0 aliphatic carbocycles. The molecule has 5 rings (SSSR count). The first kappa shape index (κ1) is 21.7. The molecule has 10 heteroatoms. The van der Waals surface area contributed by atoms with Gasteiger partial charge in [0.1, 0.15) is 23.2 Å². The number of aromatic nitrogens is 2. The first-order chi connectivity index (χ1) is 15.9. The van der Waals surface area contributed by atoms with Gasteiger partial charge in [0.15, 0.2) is 0 Å². The molecule has 0 unspecified atom stereocenters. The molecule has 2 aliphatic rings. The maximum Gasteiger partial charge on any atom is 0.419 e. The van der Waals surface area contributed by atoms with E-state index in [9.17, 15) is 17.6 Å². The average Bonchev–Trinajstić information content (AvgIpc) is 2.82. The van der Waals surface area contributed by atoms with Gasteiger partial charge >= 0.3 is 6.18 Å². The smallest absolute Gasteiger partial charge is 0.419 e. The highest BCUT2D eigenvalue weighted by atomic mass is 19.4. The Morgan fingerprint density at radius 1 is 1.03 bits per heavy atom. The van der Waals surface area contributed by atoms with Crippen LogP contribution in [0.4, 0.5) is 29.1 Å². The number of ether oxygens (including phenoxy) is 2. The van der Waals surface area contributed by atoms with Crippen molar-refractivity contribution in [2.45, 2.75) is 25.6 Å². The first-order valence-corrected chi connectivity index (χ1v) is 10.8. The van der Waals surface area contributed by atoms with E-state index >= 15 is 0 Å². The predicted octanol–water partition coefficient (Wildman–Crippen LogP) is 4.56. The number of alkyl halides is 3. The third-order valence-corrected chi connectivity index (χ3v) is 5.80. The maximum absolute atomic E-state index is 14.9. The first-order valence-electron chi connectivity index (χ1n) is 10.8. The molecule has 0 spiro atoms. The second-order valence-electron chi connectivity index (χ2n) is 8.01. The largest absolute Gasteiger partial charge is 0.493 e. The fourth-order valence-corrected chi connectivity index (χ4v) is 4.18. The van der Waals surface area contributed by atoms with Gasteiger partial charge in [0.05, 0.1) is 36.6 Å². The van der Waals surface area contributed by atoms with Gasteiger partial charge in [-0.15, -0.1) is 0 Å². The highest BCUT2D eigenvalue weighted by Gasteiger charge is 2.35. The van der Waals surface area contributed by atoms with Gasteiger partial charge < -0.3 is 19.7 Å². The van der Waals surface area contributed by atoms with Crippen LogP contribution in [0.5, 0.6) is 5.75 Å². The molecule has 0 amide bonds. The Balaban J connectivity index is 1.57. The van der Waals surface area contributed by atoms with E-state index in [1.54, 1.807) is 12.1 Å². The van der Waals surface area contributed by atoms with Crippen molar-refractivity contribution in [2.24, 2.45) is 0 Å². The molecule has 3 heterocycles. The number of hydrogen-bond donors (Lipinski definition) is 1. The topological polar surface area (TPSA) is 59.5 Å². The Morgan fingerprint density at radius 2 is 1.85 bits per heavy atom. The van der Waals surface area contributed by atoms with E-state index in [0.717, 1.165) is 6.07 Å². The fraction of sp³-hybridized carbons (Fsp3) is 0.391. The number of nitrogens with zero attached hydrogens (tertiary/aromatic N) is 3. The third-order valence-electron chi connectivity index (χ3n) is 5.80. The van der Waals surface area contributed by atoms with Gasteiger partial charge in [0.25, 0.3) is 0 Å². The molecule has 6 nitrogen and oxygen atoms in total. The maximum atomic E-state index is 14.9. The molecule has 1 saturated heterocycles. The quantitative estimate of drug-likeness (QED) is 0.535. The Bertz CT molecular complexity index is 1180. The van der Waals surface area contributed by atoms with Crippen molar-refractivity contribution in [1.82, 2.24) is 9.97 Å². The van der Waals surface area contributed by atoms with Crippen LogP contribution in [0, 0.1) is 5.82 Å². The van der Waals surface area contributed by atoms with Crippen LogP contribution in [0.15, 0.2) is 30.3 Å². The lowest BCUT2D eigenvalue weighted by Crippen LogP contribution is -2.36. The van der Waals surface area contributed by atoms with Crippen LogP contribution in [0.2, 0.25) is 0 Å². The van der Waals surface area contributed by atoms with Crippen molar-refractivity contribution < 1.29 is 27.0 Å². The van der Waals surface area contributed by atoms with E-state index in [4.69, 9.17) is 9.47 Å². The van der Waals surface area contributed by atoms with Crippen LogP contribution in [0.3, 0.4) is 0 Å². The zero-order valence-electron chi connectivity index (χ0n) is 17.7. The van der Waals surface area contributed by atoms with Crippen LogP contribution < -0.4 is 15.0 Å². The summed E-state index contributed by atoms with van der Waals surface area (Å²) in [6.07, 6.45) is -3.72. The number of para-hydroxylation sites is 1. The molecule has 33 heavy (non-hydrogen) atoms. The van der Waals surface area contributed by atoms with Gasteiger partial charge in [-0.3, -0.25) is 0 Å². The molecule has 174 valence electrons. The zero-order valence-corrected chi connectivity index (χ0v) is 17.7. The molecule has 2 aliphatic heterocycles.